The second kappa shape index (κ2) is 9.62. The molecule has 8 nitrogen and oxygen atoms in total. The fraction of sp³-hybridized carbons (Fsp3) is 0.241. The molecule has 1 fully saturated rings. The number of benzene rings is 3. The van der Waals surface area contributed by atoms with Gasteiger partial charge in [-0.1, -0.05) is 48.2 Å². The molecule has 0 atom stereocenters. The van der Waals surface area contributed by atoms with Crippen LogP contribution in [0.1, 0.15) is 25.0 Å². The fourth-order valence-electron chi connectivity index (χ4n) is 4.05. The van der Waals surface area contributed by atoms with Crippen LogP contribution in [0, 0.1) is 11.8 Å². The van der Waals surface area contributed by atoms with Crippen molar-refractivity contribution in [3.63, 3.8) is 0 Å². The summed E-state index contributed by atoms with van der Waals surface area (Å²) >= 11 is 0. The topological polar surface area (TPSA) is 107 Å². The predicted molar refractivity (Wildman–Crippen MR) is 138 cm³/mol. The SMILES string of the molecule is CC1(C)OCC(C#Cc2ccc3oc4cccc(OCc5ccccc5)c4c(=O)c3c2)(NC(=O)O)CO1. The first-order chi connectivity index (χ1) is 17.7. The first-order valence-electron chi connectivity index (χ1n) is 11.7. The number of hydrogen-bond donors (Lipinski definition) is 2. The highest BCUT2D eigenvalue weighted by Gasteiger charge is 2.40. The molecule has 1 aliphatic rings. The molecule has 37 heavy (non-hydrogen) atoms. The lowest BCUT2D eigenvalue weighted by Crippen LogP contribution is -2.60. The molecule has 0 aliphatic carbocycles. The first-order valence-corrected chi connectivity index (χ1v) is 11.7. The highest BCUT2D eigenvalue weighted by molar-refractivity contribution is 5.93. The van der Waals surface area contributed by atoms with Crippen LogP contribution in [0.3, 0.4) is 0 Å². The van der Waals surface area contributed by atoms with E-state index in [1.54, 1.807) is 50.2 Å². The van der Waals surface area contributed by atoms with Gasteiger partial charge in [-0.25, -0.2) is 4.79 Å². The average Bonchev–Trinajstić information content (AvgIpc) is 2.88. The van der Waals surface area contributed by atoms with E-state index in [2.05, 4.69) is 17.2 Å². The standard InChI is InChI=1S/C29H25NO7/c1-28(2)35-17-29(18-36-28,30-27(32)33)14-13-19-11-12-22-21(15-19)26(31)25-23(9-6-10-24(25)37-22)34-16-20-7-4-3-5-8-20/h3-12,15,30H,16-18H2,1-2H3,(H,32,33). The van der Waals surface area contributed by atoms with Gasteiger partial charge in [0.2, 0.25) is 5.43 Å². The van der Waals surface area contributed by atoms with Crippen molar-refractivity contribution in [3.8, 4) is 17.6 Å². The molecule has 1 saturated heterocycles. The quantitative estimate of drug-likeness (QED) is 0.310. The van der Waals surface area contributed by atoms with Crippen molar-refractivity contribution in [2.75, 3.05) is 13.2 Å². The molecule has 2 heterocycles. The number of fused-ring (bicyclic) bond motifs is 2. The third-order valence-electron chi connectivity index (χ3n) is 6.02. The molecular formula is C29H25NO7. The van der Waals surface area contributed by atoms with Gasteiger partial charge in [-0.05, 0) is 49.7 Å². The van der Waals surface area contributed by atoms with E-state index in [1.165, 1.54) is 0 Å². The van der Waals surface area contributed by atoms with Gasteiger partial charge in [-0.2, -0.15) is 0 Å². The number of amides is 1. The van der Waals surface area contributed by atoms with Crippen LogP contribution in [0.2, 0.25) is 0 Å². The summed E-state index contributed by atoms with van der Waals surface area (Å²) in [7, 11) is 0. The van der Waals surface area contributed by atoms with Gasteiger partial charge >= 0.3 is 6.09 Å². The third kappa shape index (κ3) is 5.28. The van der Waals surface area contributed by atoms with E-state index in [0.29, 0.717) is 39.9 Å². The monoisotopic (exact) mass is 499 g/mol. The number of nitrogens with one attached hydrogen (secondary N) is 1. The van der Waals surface area contributed by atoms with E-state index in [4.69, 9.17) is 18.6 Å². The van der Waals surface area contributed by atoms with Crippen LogP contribution in [0.5, 0.6) is 5.75 Å². The minimum absolute atomic E-state index is 0.0156. The van der Waals surface area contributed by atoms with Gasteiger partial charge < -0.3 is 29.1 Å². The van der Waals surface area contributed by atoms with Gasteiger partial charge in [0.15, 0.2) is 11.3 Å². The molecule has 1 amide bonds. The lowest BCUT2D eigenvalue weighted by Gasteiger charge is -2.40. The molecule has 0 spiro atoms. The maximum Gasteiger partial charge on any atom is 0.406 e. The Morgan fingerprint density at radius 1 is 1.03 bits per heavy atom. The lowest BCUT2D eigenvalue weighted by molar-refractivity contribution is -0.262. The van der Waals surface area contributed by atoms with Crippen LogP contribution in [-0.2, 0) is 16.1 Å². The van der Waals surface area contributed by atoms with Crippen LogP contribution in [-0.4, -0.2) is 35.7 Å². The maximum absolute atomic E-state index is 13.5. The van der Waals surface area contributed by atoms with Crippen LogP contribution in [0.15, 0.2) is 75.9 Å². The van der Waals surface area contributed by atoms with Gasteiger partial charge in [0.25, 0.3) is 0 Å². The lowest BCUT2D eigenvalue weighted by atomic mass is 10.00. The molecule has 1 aliphatic heterocycles. The van der Waals surface area contributed by atoms with E-state index in [0.717, 1.165) is 5.56 Å². The van der Waals surface area contributed by atoms with Crippen molar-refractivity contribution in [3.05, 3.63) is 88.1 Å². The second-order valence-corrected chi connectivity index (χ2v) is 9.29. The zero-order valence-electron chi connectivity index (χ0n) is 20.4. The molecule has 188 valence electrons. The maximum atomic E-state index is 13.5. The molecule has 4 aromatic rings. The molecule has 0 unspecified atom stereocenters. The van der Waals surface area contributed by atoms with Gasteiger partial charge in [-0.3, -0.25) is 4.79 Å². The Bertz CT molecular complexity index is 1590. The van der Waals surface area contributed by atoms with Crippen molar-refractivity contribution in [2.24, 2.45) is 0 Å². The number of carbonyl (C=O) groups is 1. The molecule has 8 heteroatoms. The van der Waals surface area contributed by atoms with Gasteiger partial charge in [-0.15, -0.1) is 0 Å². The minimum Gasteiger partial charge on any atom is -0.488 e. The molecular weight excluding hydrogens is 474 g/mol. The van der Waals surface area contributed by atoms with Crippen LogP contribution in [0.25, 0.3) is 21.9 Å². The first kappa shape index (κ1) is 24.4. The van der Waals surface area contributed by atoms with Crippen LogP contribution < -0.4 is 15.5 Å². The smallest absolute Gasteiger partial charge is 0.406 e. The third-order valence-corrected chi connectivity index (χ3v) is 6.02. The zero-order valence-corrected chi connectivity index (χ0v) is 20.4. The summed E-state index contributed by atoms with van der Waals surface area (Å²) in [6.45, 7) is 3.83. The van der Waals surface area contributed by atoms with Crippen molar-refractivity contribution in [2.45, 2.75) is 31.8 Å². The highest BCUT2D eigenvalue weighted by Crippen LogP contribution is 2.28. The van der Waals surface area contributed by atoms with Gasteiger partial charge in [0, 0.05) is 5.56 Å². The van der Waals surface area contributed by atoms with Crippen LogP contribution >= 0.6 is 0 Å². The van der Waals surface area contributed by atoms with E-state index < -0.39 is 17.4 Å². The predicted octanol–water partition coefficient (Wildman–Crippen LogP) is 4.67. The summed E-state index contributed by atoms with van der Waals surface area (Å²) < 4.78 is 23.3. The average molecular weight is 500 g/mol. The summed E-state index contributed by atoms with van der Waals surface area (Å²) in [5.74, 6) is 5.50. The van der Waals surface area contributed by atoms with E-state index in [-0.39, 0.29) is 18.6 Å². The summed E-state index contributed by atoms with van der Waals surface area (Å²) in [6, 6.07) is 19.9. The Morgan fingerprint density at radius 2 is 1.78 bits per heavy atom. The minimum atomic E-state index is -1.25. The van der Waals surface area contributed by atoms with E-state index in [1.807, 2.05) is 30.3 Å². The van der Waals surface area contributed by atoms with Crippen molar-refractivity contribution < 1.29 is 28.5 Å². The molecule has 5 rings (SSSR count). The Balaban J connectivity index is 1.51. The van der Waals surface area contributed by atoms with Gasteiger partial charge in [0.05, 0.1) is 18.6 Å². The molecule has 1 aromatic heterocycles. The molecule has 0 radical (unpaired) electrons. The van der Waals surface area contributed by atoms with Crippen molar-refractivity contribution in [1.29, 1.82) is 0 Å². The number of hydrogen-bond acceptors (Lipinski definition) is 6. The largest absolute Gasteiger partial charge is 0.488 e. The zero-order chi connectivity index (χ0) is 26.0. The highest BCUT2D eigenvalue weighted by atomic mass is 16.7. The summed E-state index contributed by atoms with van der Waals surface area (Å²) in [5.41, 5.74) is 0.831. The molecule has 0 bridgehead atoms. The summed E-state index contributed by atoms with van der Waals surface area (Å²) in [4.78, 5) is 24.9. The second-order valence-electron chi connectivity index (χ2n) is 9.29. The summed E-state index contributed by atoms with van der Waals surface area (Å²) in [5, 5.41) is 12.4. The van der Waals surface area contributed by atoms with Crippen molar-refractivity contribution >= 4 is 28.0 Å². The van der Waals surface area contributed by atoms with Crippen molar-refractivity contribution in [1.82, 2.24) is 5.32 Å². The summed E-state index contributed by atoms with van der Waals surface area (Å²) in [6.07, 6.45) is -1.24. The molecule has 2 N–H and O–H groups in total. The Kier molecular flexibility index (Phi) is 6.34. The number of ether oxygens (including phenoxy) is 3. The Labute approximate surface area is 212 Å². The van der Waals surface area contributed by atoms with Crippen LogP contribution in [0.4, 0.5) is 4.79 Å². The fourth-order valence-corrected chi connectivity index (χ4v) is 4.05. The van der Waals surface area contributed by atoms with Gasteiger partial charge in [0.1, 0.15) is 28.9 Å². The Morgan fingerprint density at radius 3 is 2.51 bits per heavy atom. The molecule has 0 saturated carbocycles. The number of carboxylic acid groups (broad SMARTS) is 1. The van der Waals surface area contributed by atoms with E-state index >= 15 is 0 Å². The van der Waals surface area contributed by atoms with E-state index in [9.17, 15) is 14.7 Å². The number of rotatable bonds is 4. The molecule has 3 aromatic carbocycles. The normalized spacial score (nSPS) is 16.1. The Hall–Kier alpha value is -4.32.